The molecule has 71 heavy (non-hydrogen) atoms. The van der Waals surface area contributed by atoms with Crippen molar-refractivity contribution < 1.29 is 24.5 Å². The number of unbranched alkanes of at least 4 members (excludes halogenated alkanes) is 47. The van der Waals surface area contributed by atoms with Crippen molar-refractivity contribution in [1.82, 2.24) is 5.32 Å². The number of ether oxygens (including phenoxy) is 1. The first-order valence-electron chi connectivity index (χ1n) is 32.1. The molecule has 0 saturated carbocycles. The molecule has 420 valence electrons. The van der Waals surface area contributed by atoms with Crippen molar-refractivity contribution in [3.63, 3.8) is 0 Å². The van der Waals surface area contributed by atoms with Crippen molar-refractivity contribution in [2.24, 2.45) is 0 Å². The molecule has 0 aliphatic heterocycles. The molecule has 0 aromatic carbocycles. The number of nitrogens with one attached hydrogen (secondary N) is 1. The lowest BCUT2D eigenvalue weighted by Crippen LogP contribution is -2.45. The number of esters is 1. The molecule has 1 amide bonds. The van der Waals surface area contributed by atoms with E-state index in [2.05, 4.69) is 31.3 Å². The highest BCUT2D eigenvalue weighted by Gasteiger charge is 2.18. The van der Waals surface area contributed by atoms with Gasteiger partial charge in [0, 0.05) is 12.8 Å². The van der Waals surface area contributed by atoms with E-state index in [0.717, 1.165) is 57.8 Å². The second kappa shape index (κ2) is 60.9. The van der Waals surface area contributed by atoms with Crippen LogP contribution in [0.3, 0.4) is 0 Å². The Morgan fingerprint density at radius 2 is 0.662 bits per heavy atom. The number of allylic oxidation sites excluding steroid dienone is 3. The molecule has 0 saturated heterocycles. The summed E-state index contributed by atoms with van der Waals surface area (Å²) in [5, 5.41) is 23.2. The van der Waals surface area contributed by atoms with Gasteiger partial charge in [0.25, 0.3) is 0 Å². The van der Waals surface area contributed by atoms with Crippen LogP contribution < -0.4 is 5.32 Å². The molecule has 6 nitrogen and oxygen atoms in total. The highest BCUT2D eigenvalue weighted by molar-refractivity contribution is 5.76. The molecular weight excluding hydrogens is 875 g/mol. The van der Waals surface area contributed by atoms with Crippen LogP contribution in [0.2, 0.25) is 0 Å². The van der Waals surface area contributed by atoms with Gasteiger partial charge in [0.05, 0.1) is 25.4 Å². The summed E-state index contributed by atoms with van der Waals surface area (Å²) in [4.78, 5) is 24.6. The Morgan fingerprint density at radius 3 is 1.00 bits per heavy atom. The number of carbonyl (C=O) groups excluding carboxylic acids is 2. The lowest BCUT2D eigenvalue weighted by atomic mass is 10.0. The van der Waals surface area contributed by atoms with Gasteiger partial charge in [-0.1, -0.05) is 308 Å². The van der Waals surface area contributed by atoms with Crippen molar-refractivity contribution in [3.8, 4) is 0 Å². The van der Waals surface area contributed by atoms with Crippen LogP contribution in [0, 0.1) is 0 Å². The molecule has 0 spiro atoms. The van der Waals surface area contributed by atoms with E-state index in [1.54, 1.807) is 6.08 Å². The third-order valence-corrected chi connectivity index (χ3v) is 15.0. The normalized spacial score (nSPS) is 12.7. The summed E-state index contributed by atoms with van der Waals surface area (Å²) >= 11 is 0. The van der Waals surface area contributed by atoms with Crippen LogP contribution >= 0.6 is 0 Å². The lowest BCUT2D eigenvalue weighted by Gasteiger charge is -2.20. The fraction of sp³-hybridized carbons (Fsp3) is 0.908. The van der Waals surface area contributed by atoms with Crippen molar-refractivity contribution in [3.05, 3.63) is 24.3 Å². The van der Waals surface area contributed by atoms with Crippen molar-refractivity contribution in [2.75, 3.05) is 13.2 Å². The molecule has 2 atom stereocenters. The maximum absolute atomic E-state index is 12.5. The summed E-state index contributed by atoms with van der Waals surface area (Å²) in [6, 6.07) is -0.637. The first-order valence-corrected chi connectivity index (χ1v) is 32.1. The van der Waals surface area contributed by atoms with Gasteiger partial charge in [0.15, 0.2) is 0 Å². The van der Waals surface area contributed by atoms with E-state index in [4.69, 9.17) is 4.74 Å². The van der Waals surface area contributed by atoms with E-state index < -0.39 is 12.1 Å². The lowest BCUT2D eigenvalue weighted by molar-refractivity contribution is -0.143. The smallest absolute Gasteiger partial charge is 0.305 e. The zero-order valence-electron chi connectivity index (χ0n) is 48.0. The quantitative estimate of drug-likeness (QED) is 0.0320. The minimum absolute atomic E-state index is 0.00987. The molecule has 0 heterocycles. The van der Waals surface area contributed by atoms with Gasteiger partial charge in [0.1, 0.15) is 0 Å². The van der Waals surface area contributed by atoms with Crippen LogP contribution in [0.25, 0.3) is 0 Å². The summed E-state index contributed by atoms with van der Waals surface area (Å²) in [6.45, 7) is 4.90. The predicted octanol–water partition coefficient (Wildman–Crippen LogP) is 20.2. The van der Waals surface area contributed by atoms with Gasteiger partial charge in [0.2, 0.25) is 5.91 Å². The van der Waals surface area contributed by atoms with E-state index in [0.29, 0.717) is 19.4 Å². The Hall–Kier alpha value is -1.66. The van der Waals surface area contributed by atoms with Crippen LogP contribution in [0.15, 0.2) is 24.3 Å². The third-order valence-electron chi connectivity index (χ3n) is 15.0. The number of hydrogen-bond donors (Lipinski definition) is 3. The van der Waals surface area contributed by atoms with E-state index in [9.17, 15) is 19.8 Å². The van der Waals surface area contributed by atoms with Crippen LogP contribution in [0.4, 0.5) is 0 Å². The summed E-state index contributed by atoms with van der Waals surface area (Å²) in [5.74, 6) is -0.0849. The molecule has 0 aromatic rings. The molecule has 0 aliphatic rings. The Morgan fingerprint density at radius 1 is 0.380 bits per heavy atom. The molecular formula is C65H125NO5. The fourth-order valence-corrected chi connectivity index (χ4v) is 10.0. The predicted molar refractivity (Wildman–Crippen MR) is 310 cm³/mol. The molecule has 0 radical (unpaired) electrons. The Kier molecular flexibility index (Phi) is 59.5. The summed E-state index contributed by atoms with van der Waals surface area (Å²) < 4.78 is 5.48. The Bertz CT molecular complexity index is 1110. The minimum Gasteiger partial charge on any atom is -0.466 e. The molecule has 0 rings (SSSR count). The summed E-state index contributed by atoms with van der Waals surface area (Å²) in [7, 11) is 0. The van der Waals surface area contributed by atoms with Gasteiger partial charge in [-0.25, -0.2) is 0 Å². The van der Waals surface area contributed by atoms with Crippen molar-refractivity contribution in [1.29, 1.82) is 0 Å². The molecule has 0 bridgehead atoms. The number of aliphatic hydroxyl groups is 2. The first-order chi connectivity index (χ1) is 35.0. The Balaban J connectivity index is 3.46. The maximum Gasteiger partial charge on any atom is 0.305 e. The SMILES string of the molecule is CCCCCCCCC/C=C\CCCCCCCC(=O)OCCCCCCCCCCCCCCCCC(=O)NC(CO)C(O)/C=C/CCCCCCCCCCCCCCCCCCCCCCCC. The molecule has 0 fully saturated rings. The van der Waals surface area contributed by atoms with Crippen molar-refractivity contribution in [2.45, 2.75) is 366 Å². The number of rotatable bonds is 60. The minimum atomic E-state index is -0.853. The van der Waals surface area contributed by atoms with E-state index in [1.807, 2.05) is 6.08 Å². The number of hydrogen-bond acceptors (Lipinski definition) is 5. The number of amides is 1. The molecule has 6 heteroatoms. The van der Waals surface area contributed by atoms with Gasteiger partial charge in [-0.05, 0) is 57.8 Å². The maximum atomic E-state index is 12.5. The zero-order valence-corrected chi connectivity index (χ0v) is 48.0. The van der Waals surface area contributed by atoms with Crippen LogP contribution in [0.5, 0.6) is 0 Å². The first kappa shape index (κ1) is 69.3. The van der Waals surface area contributed by atoms with Crippen LogP contribution in [-0.4, -0.2) is 47.4 Å². The van der Waals surface area contributed by atoms with Gasteiger partial charge in [-0.2, -0.15) is 0 Å². The second-order valence-corrected chi connectivity index (χ2v) is 22.1. The average Bonchev–Trinajstić information content (AvgIpc) is 3.37. The molecule has 2 unspecified atom stereocenters. The molecule has 0 aliphatic carbocycles. The van der Waals surface area contributed by atoms with Crippen molar-refractivity contribution >= 4 is 11.9 Å². The fourth-order valence-electron chi connectivity index (χ4n) is 10.0. The number of carbonyl (C=O) groups is 2. The number of aliphatic hydroxyl groups excluding tert-OH is 2. The average molecular weight is 1000 g/mol. The van der Waals surface area contributed by atoms with Gasteiger partial charge >= 0.3 is 5.97 Å². The van der Waals surface area contributed by atoms with E-state index in [-0.39, 0.29) is 18.5 Å². The highest BCUT2D eigenvalue weighted by atomic mass is 16.5. The standard InChI is InChI=1S/C65H125NO5/c1-3-5-7-9-11-13-15-17-19-21-22-23-24-25-26-27-28-29-33-37-41-45-49-53-57-63(68)62(61-67)66-64(69)58-54-50-46-42-38-34-31-32-36-40-44-48-52-56-60-71-65(70)59-55-51-47-43-39-35-30-20-18-16-14-12-10-8-6-4-2/h20,30,53,57,62-63,67-68H,3-19,21-29,31-52,54-56,58-61H2,1-2H3,(H,66,69)/b30-20-,57-53+. The zero-order chi connectivity index (χ0) is 51.4. The largest absolute Gasteiger partial charge is 0.466 e. The summed E-state index contributed by atoms with van der Waals surface area (Å²) in [5.41, 5.74) is 0. The van der Waals surface area contributed by atoms with E-state index in [1.165, 1.54) is 270 Å². The van der Waals surface area contributed by atoms with Crippen LogP contribution in [-0.2, 0) is 14.3 Å². The van der Waals surface area contributed by atoms with Gasteiger partial charge in [-0.15, -0.1) is 0 Å². The van der Waals surface area contributed by atoms with Gasteiger partial charge in [-0.3, -0.25) is 9.59 Å². The monoisotopic (exact) mass is 1000 g/mol. The molecule has 3 N–H and O–H groups in total. The van der Waals surface area contributed by atoms with E-state index >= 15 is 0 Å². The second-order valence-electron chi connectivity index (χ2n) is 22.1. The topological polar surface area (TPSA) is 95.9 Å². The third kappa shape index (κ3) is 57.5. The Labute approximate surface area is 443 Å². The highest BCUT2D eigenvalue weighted by Crippen LogP contribution is 2.18. The summed E-state index contributed by atoms with van der Waals surface area (Å²) in [6.07, 6.45) is 75.0. The van der Waals surface area contributed by atoms with Gasteiger partial charge < -0.3 is 20.3 Å². The molecule has 0 aromatic heterocycles. The van der Waals surface area contributed by atoms with Crippen LogP contribution in [0.1, 0.15) is 354 Å².